The number of thiophene rings is 2. The fraction of sp³-hybridized carbons (Fsp3) is 0.320. The second kappa shape index (κ2) is 12.5. The van der Waals surface area contributed by atoms with Crippen molar-refractivity contribution in [1.82, 2.24) is 15.6 Å². The molecule has 0 saturated carbocycles. The van der Waals surface area contributed by atoms with E-state index in [-0.39, 0.29) is 11.7 Å². The van der Waals surface area contributed by atoms with Crippen molar-refractivity contribution in [2.45, 2.75) is 13.3 Å². The standard InChI is InChI=1S/C25H27ClN4O4S2/c1-16(19-15-35-23(22(19)31)17-3-5-18(26)6-4-17)28-29-25(33)21-8-7-20(36-21)24(32)27-9-2-10-30-11-13-34-14-12-30/h3-8,15,31H,2,9-14H2,1H3,(H,27,32)(H,29,33)/b28-16+. The minimum atomic E-state index is -0.418. The van der Waals surface area contributed by atoms with Crippen LogP contribution < -0.4 is 10.7 Å². The summed E-state index contributed by atoms with van der Waals surface area (Å²) in [5.41, 5.74) is 4.35. The molecule has 0 radical (unpaired) electrons. The molecule has 3 heterocycles. The van der Waals surface area contributed by atoms with Gasteiger partial charge in [0.15, 0.2) is 0 Å². The van der Waals surface area contributed by atoms with Crippen LogP contribution >= 0.6 is 34.3 Å². The summed E-state index contributed by atoms with van der Waals surface area (Å²) in [6, 6.07) is 10.4. The normalized spacial score (nSPS) is 14.6. The number of nitrogens with zero attached hydrogens (tertiary/aromatic N) is 2. The Hall–Kier alpha value is -2.76. The molecule has 0 spiro atoms. The molecule has 3 aromatic rings. The highest BCUT2D eigenvalue weighted by Crippen LogP contribution is 2.39. The Morgan fingerprint density at radius 2 is 1.81 bits per heavy atom. The third-order valence-corrected chi connectivity index (χ3v) is 8.03. The lowest BCUT2D eigenvalue weighted by molar-refractivity contribution is 0.0374. The summed E-state index contributed by atoms with van der Waals surface area (Å²) >= 11 is 8.43. The van der Waals surface area contributed by atoms with Crippen LogP contribution in [0.4, 0.5) is 0 Å². The van der Waals surface area contributed by atoms with E-state index in [1.807, 2.05) is 12.1 Å². The van der Waals surface area contributed by atoms with Crippen molar-refractivity contribution in [2.24, 2.45) is 5.10 Å². The van der Waals surface area contributed by atoms with E-state index in [1.165, 1.54) is 11.3 Å². The molecule has 190 valence electrons. The van der Waals surface area contributed by atoms with Gasteiger partial charge in [0, 0.05) is 30.0 Å². The number of hydrogen-bond donors (Lipinski definition) is 3. The number of carbonyl (C=O) groups is 2. The first kappa shape index (κ1) is 26.3. The first-order chi connectivity index (χ1) is 17.4. The molecule has 11 heteroatoms. The molecule has 0 atom stereocenters. The smallest absolute Gasteiger partial charge is 0.281 e. The van der Waals surface area contributed by atoms with Crippen LogP contribution in [0, 0.1) is 0 Å². The van der Waals surface area contributed by atoms with E-state index < -0.39 is 5.91 Å². The predicted octanol–water partition coefficient (Wildman–Crippen LogP) is 4.44. The Balaban J connectivity index is 1.29. The van der Waals surface area contributed by atoms with Crippen molar-refractivity contribution in [3.05, 3.63) is 62.1 Å². The zero-order chi connectivity index (χ0) is 25.5. The molecule has 3 N–H and O–H groups in total. The van der Waals surface area contributed by atoms with Crippen LogP contribution in [0.15, 0.2) is 46.9 Å². The topological polar surface area (TPSA) is 103 Å². The number of morpholine rings is 1. The van der Waals surface area contributed by atoms with Gasteiger partial charge in [-0.25, -0.2) is 5.43 Å². The van der Waals surface area contributed by atoms with Crippen LogP contribution in [-0.2, 0) is 4.74 Å². The van der Waals surface area contributed by atoms with Crippen LogP contribution in [0.1, 0.15) is 38.3 Å². The average molecular weight is 547 g/mol. The number of hydrogen-bond acceptors (Lipinski definition) is 8. The average Bonchev–Trinajstić information content (AvgIpc) is 3.54. The number of carbonyl (C=O) groups excluding carboxylic acids is 2. The second-order valence-corrected chi connectivity index (χ2v) is 10.6. The number of rotatable bonds is 9. The van der Waals surface area contributed by atoms with Crippen LogP contribution in [0.5, 0.6) is 5.75 Å². The summed E-state index contributed by atoms with van der Waals surface area (Å²) in [6.07, 6.45) is 0.855. The van der Waals surface area contributed by atoms with Crippen molar-refractivity contribution in [3.63, 3.8) is 0 Å². The number of amides is 2. The molecule has 1 aliphatic rings. The quantitative estimate of drug-likeness (QED) is 0.209. The molecule has 1 fully saturated rings. The Morgan fingerprint density at radius 1 is 1.11 bits per heavy atom. The van der Waals surface area contributed by atoms with E-state index in [9.17, 15) is 14.7 Å². The lowest BCUT2D eigenvalue weighted by atomic mass is 10.1. The number of ether oxygens (including phenoxy) is 1. The van der Waals surface area contributed by atoms with Crippen LogP contribution in [0.25, 0.3) is 10.4 Å². The summed E-state index contributed by atoms with van der Waals surface area (Å²) in [4.78, 5) is 28.9. The Bertz CT molecular complexity index is 1230. The molecule has 2 aromatic heterocycles. The molecule has 1 aromatic carbocycles. The van der Waals surface area contributed by atoms with Crippen molar-refractivity contribution in [1.29, 1.82) is 0 Å². The Labute approximate surface area is 222 Å². The largest absolute Gasteiger partial charge is 0.506 e. The number of benzene rings is 1. The molecular formula is C25H27ClN4O4S2. The minimum Gasteiger partial charge on any atom is -0.506 e. The maximum absolute atomic E-state index is 12.6. The van der Waals surface area contributed by atoms with E-state index in [4.69, 9.17) is 16.3 Å². The van der Waals surface area contributed by atoms with E-state index in [0.29, 0.717) is 37.5 Å². The van der Waals surface area contributed by atoms with Crippen molar-refractivity contribution >= 4 is 51.8 Å². The number of nitrogens with one attached hydrogen (secondary N) is 2. The predicted molar refractivity (Wildman–Crippen MR) is 145 cm³/mol. The highest BCUT2D eigenvalue weighted by atomic mass is 35.5. The van der Waals surface area contributed by atoms with Gasteiger partial charge in [-0.3, -0.25) is 14.5 Å². The molecule has 1 aliphatic heterocycles. The van der Waals surface area contributed by atoms with E-state index in [0.717, 1.165) is 56.2 Å². The molecule has 0 unspecified atom stereocenters. The zero-order valence-corrected chi connectivity index (χ0v) is 22.1. The van der Waals surface area contributed by atoms with E-state index in [2.05, 4.69) is 20.7 Å². The molecule has 2 amide bonds. The SMILES string of the molecule is C/C(=N\NC(=O)c1ccc(C(=O)NCCCN2CCOCC2)s1)c1csc(-c2ccc(Cl)cc2)c1O. The van der Waals surface area contributed by atoms with Crippen molar-refractivity contribution in [2.75, 3.05) is 39.4 Å². The van der Waals surface area contributed by atoms with Crippen LogP contribution in [-0.4, -0.2) is 66.9 Å². The fourth-order valence-corrected chi connectivity index (χ4v) is 5.61. The summed E-state index contributed by atoms with van der Waals surface area (Å²) in [6.45, 7) is 6.56. The van der Waals surface area contributed by atoms with Gasteiger partial charge in [-0.05, 0) is 49.7 Å². The molecule has 8 nitrogen and oxygen atoms in total. The summed E-state index contributed by atoms with van der Waals surface area (Å²) < 4.78 is 5.34. The zero-order valence-electron chi connectivity index (χ0n) is 19.8. The highest BCUT2D eigenvalue weighted by Gasteiger charge is 2.17. The monoisotopic (exact) mass is 546 g/mol. The minimum absolute atomic E-state index is 0.0986. The van der Waals surface area contributed by atoms with Crippen molar-refractivity contribution in [3.8, 4) is 16.2 Å². The maximum atomic E-state index is 12.6. The van der Waals surface area contributed by atoms with E-state index in [1.54, 1.807) is 36.6 Å². The van der Waals surface area contributed by atoms with Gasteiger partial charge in [0.1, 0.15) is 5.75 Å². The van der Waals surface area contributed by atoms with E-state index >= 15 is 0 Å². The lowest BCUT2D eigenvalue weighted by Crippen LogP contribution is -2.38. The maximum Gasteiger partial charge on any atom is 0.281 e. The number of hydrazone groups is 1. The number of halogens is 1. The van der Waals surface area contributed by atoms with Gasteiger partial charge in [-0.1, -0.05) is 23.7 Å². The van der Waals surface area contributed by atoms with Gasteiger partial charge >= 0.3 is 0 Å². The van der Waals surface area contributed by atoms with Gasteiger partial charge in [-0.2, -0.15) is 5.10 Å². The van der Waals surface area contributed by atoms with Crippen LogP contribution in [0.2, 0.25) is 5.02 Å². The summed E-state index contributed by atoms with van der Waals surface area (Å²) in [5, 5.41) is 20.1. The molecule has 0 aliphatic carbocycles. The Morgan fingerprint density at radius 3 is 2.53 bits per heavy atom. The summed E-state index contributed by atoms with van der Waals surface area (Å²) in [7, 11) is 0. The first-order valence-corrected chi connectivity index (χ1v) is 13.6. The molecule has 1 saturated heterocycles. The third-order valence-electron chi connectivity index (χ3n) is 5.68. The molecule has 0 bridgehead atoms. The van der Waals surface area contributed by atoms with Gasteiger partial charge < -0.3 is 15.2 Å². The lowest BCUT2D eigenvalue weighted by Gasteiger charge is -2.26. The van der Waals surface area contributed by atoms with Crippen LogP contribution in [0.3, 0.4) is 0 Å². The van der Waals surface area contributed by atoms with Crippen molar-refractivity contribution < 1.29 is 19.4 Å². The fourth-order valence-electron chi connectivity index (χ4n) is 3.66. The van der Waals surface area contributed by atoms with Gasteiger partial charge in [0.2, 0.25) is 0 Å². The molecular weight excluding hydrogens is 520 g/mol. The second-order valence-electron chi connectivity index (χ2n) is 8.20. The van der Waals surface area contributed by atoms with Gasteiger partial charge in [0.25, 0.3) is 11.8 Å². The van der Waals surface area contributed by atoms with Gasteiger partial charge in [-0.15, -0.1) is 22.7 Å². The highest BCUT2D eigenvalue weighted by molar-refractivity contribution is 7.16. The van der Waals surface area contributed by atoms with Gasteiger partial charge in [0.05, 0.1) is 39.1 Å². The number of aromatic hydroxyl groups is 1. The molecule has 4 rings (SSSR count). The summed E-state index contributed by atoms with van der Waals surface area (Å²) in [5.74, 6) is -0.515. The first-order valence-electron chi connectivity index (χ1n) is 11.5. The Kier molecular flexibility index (Phi) is 9.11. The molecule has 36 heavy (non-hydrogen) atoms. The third kappa shape index (κ3) is 6.71.